The van der Waals surface area contributed by atoms with Crippen molar-refractivity contribution >= 4 is 17.9 Å². The van der Waals surface area contributed by atoms with Crippen LogP contribution in [0.4, 0.5) is 0 Å². The first kappa shape index (κ1) is 39.0. The highest BCUT2D eigenvalue weighted by atomic mass is 16.5. The number of aliphatic hydroxyl groups is 1. The normalized spacial score (nSPS) is 25.4. The minimum absolute atomic E-state index is 0.408. The van der Waals surface area contributed by atoms with Gasteiger partial charge in [0.15, 0.2) is 17.1 Å². The first-order chi connectivity index (χ1) is 23.6. The van der Waals surface area contributed by atoms with E-state index in [4.69, 9.17) is 29.9 Å². The molecular formula is C39H55NO10. The Labute approximate surface area is 295 Å². The van der Waals surface area contributed by atoms with Crippen molar-refractivity contribution in [1.82, 2.24) is 4.90 Å². The number of carboxylic acid groups (broad SMARTS) is 3. The topological polar surface area (TPSA) is 174 Å². The van der Waals surface area contributed by atoms with Gasteiger partial charge in [0.25, 0.3) is 0 Å². The highest BCUT2D eigenvalue weighted by Crippen LogP contribution is 2.64. The third-order valence-corrected chi connectivity index (χ3v) is 11.8. The molecule has 11 nitrogen and oxygen atoms in total. The van der Waals surface area contributed by atoms with Crippen molar-refractivity contribution < 1.29 is 49.4 Å². The van der Waals surface area contributed by atoms with Crippen LogP contribution in [-0.4, -0.2) is 80.7 Å². The van der Waals surface area contributed by atoms with Gasteiger partial charge in [0, 0.05) is 6.54 Å². The van der Waals surface area contributed by atoms with Crippen LogP contribution in [0, 0.1) is 29.1 Å². The zero-order chi connectivity index (χ0) is 36.8. The van der Waals surface area contributed by atoms with E-state index in [2.05, 4.69) is 56.9 Å². The Morgan fingerprint density at radius 3 is 2.24 bits per heavy atom. The van der Waals surface area contributed by atoms with E-state index in [1.807, 2.05) is 12.1 Å². The van der Waals surface area contributed by atoms with Crippen LogP contribution < -0.4 is 9.47 Å². The lowest BCUT2D eigenvalue weighted by atomic mass is 9.51. The van der Waals surface area contributed by atoms with Crippen molar-refractivity contribution in [2.45, 2.75) is 97.1 Å². The molecule has 0 saturated heterocycles. The second kappa shape index (κ2) is 16.5. The molecule has 0 amide bonds. The summed E-state index contributed by atoms with van der Waals surface area (Å²) in [6, 6.07) is 12.6. The van der Waals surface area contributed by atoms with Crippen molar-refractivity contribution in [3.8, 4) is 17.2 Å². The molecule has 276 valence electrons. The van der Waals surface area contributed by atoms with E-state index < -0.39 is 36.4 Å². The summed E-state index contributed by atoms with van der Waals surface area (Å²) in [7, 11) is 1.75. The van der Waals surface area contributed by atoms with E-state index in [9.17, 15) is 19.5 Å². The number of hydrogen-bond acceptors (Lipinski definition) is 8. The minimum atomic E-state index is -2.74. The number of rotatable bonds is 14. The highest BCUT2D eigenvalue weighted by molar-refractivity contribution is 5.88. The number of phenols is 1. The predicted molar refractivity (Wildman–Crippen MR) is 188 cm³/mol. The van der Waals surface area contributed by atoms with E-state index in [1.54, 1.807) is 7.11 Å². The summed E-state index contributed by atoms with van der Waals surface area (Å²) in [4.78, 5) is 32.9. The van der Waals surface area contributed by atoms with E-state index >= 15 is 0 Å². The van der Waals surface area contributed by atoms with E-state index in [0.29, 0.717) is 23.0 Å². The minimum Gasteiger partial charge on any atom is -0.508 e. The molecule has 5 rings (SSSR count). The summed E-state index contributed by atoms with van der Waals surface area (Å²) in [5.74, 6) is 0.735. The van der Waals surface area contributed by atoms with Gasteiger partial charge in [-0.2, -0.15) is 0 Å². The Bertz CT molecular complexity index is 1490. The Balaban J connectivity index is 0.000000369. The molecule has 0 radical (unpaired) electrons. The fraction of sp³-hybridized carbons (Fsp3) is 0.615. The monoisotopic (exact) mass is 697 g/mol. The molecule has 3 aliphatic carbocycles. The maximum Gasteiger partial charge on any atom is 0.336 e. The van der Waals surface area contributed by atoms with Gasteiger partial charge in [-0.15, -0.1) is 0 Å². The smallest absolute Gasteiger partial charge is 0.336 e. The van der Waals surface area contributed by atoms with E-state index in [-0.39, 0.29) is 0 Å². The van der Waals surface area contributed by atoms with Crippen LogP contribution in [0.25, 0.3) is 0 Å². The van der Waals surface area contributed by atoms with Crippen LogP contribution in [0.15, 0.2) is 36.4 Å². The first-order valence-electron chi connectivity index (χ1n) is 17.9. The van der Waals surface area contributed by atoms with Gasteiger partial charge in [-0.25, -0.2) is 4.79 Å². The number of carbonyl (C=O) groups is 3. The zero-order valence-electron chi connectivity index (χ0n) is 30.1. The maximum atomic E-state index is 10.3. The molecule has 0 bridgehead atoms. The average Bonchev–Trinajstić information content (AvgIpc) is 3.39. The summed E-state index contributed by atoms with van der Waals surface area (Å²) in [5, 5.41) is 43.9. The molecule has 0 aliphatic heterocycles. The molecule has 6 atom stereocenters. The molecule has 3 aliphatic rings. The number of aliphatic carboxylic acids is 3. The summed E-state index contributed by atoms with van der Waals surface area (Å²) in [6.07, 6.45) is 5.19. The standard InChI is InChI=1S/C33H47NO3.C6H8O7/c1-6-34(7-2)21-23-8-13-30(31(19-23)36-5)37-17-15-25-9-12-29-32-22(3)18-24-20-26(35)10-11-27(24)28(32)14-16-33(25,29)4;7-3(8)1-6(13,5(11)12)2-4(9)10/h8,10-11,13,19-20,22,25,28-29,32,35H,6-7,9,12,14-18,21H2,1-5H3;13H,1-2H2,(H,7,8)(H,9,10)(H,11,12)/t22?,25-,28?,29?,32?,33?;/m1./s1. The van der Waals surface area contributed by atoms with Crippen LogP contribution in [0.5, 0.6) is 17.2 Å². The predicted octanol–water partition coefficient (Wildman–Crippen LogP) is 6.18. The third-order valence-electron chi connectivity index (χ3n) is 11.8. The van der Waals surface area contributed by atoms with Crippen molar-refractivity contribution in [2.24, 2.45) is 29.1 Å². The number of nitrogens with zero attached hydrogens (tertiary/aromatic N) is 1. The molecule has 2 aromatic carbocycles. The first-order valence-corrected chi connectivity index (χ1v) is 17.9. The quantitative estimate of drug-likeness (QED) is 0.152. The van der Waals surface area contributed by atoms with Crippen LogP contribution in [0.1, 0.15) is 95.2 Å². The van der Waals surface area contributed by atoms with Crippen molar-refractivity contribution in [3.63, 3.8) is 0 Å². The molecule has 11 heteroatoms. The van der Waals surface area contributed by atoms with Gasteiger partial charge in [-0.3, -0.25) is 14.5 Å². The van der Waals surface area contributed by atoms with Crippen LogP contribution in [-0.2, 0) is 27.3 Å². The molecule has 0 heterocycles. The molecule has 50 heavy (non-hydrogen) atoms. The number of ether oxygens (including phenoxy) is 2. The summed E-state index contributed by atoms with van der Waals surface area (Å²) < 4.78 is 12.1. The van der Waals surface area contributed by atoms with Crippen LogP contribution in [0.2, 0.25) is 0 Å². The number of benzene rings is 2. The molecule has 0 spiro atoms. The molecular weight excluding hydrogens is 642 g/mol. The lowest BCUT2D eigenvalue weighted by molar-refractivity contribution is -0.170. The van der Waals surface area contributed by atoms with Crippen molar-refractivity contribution in [2.75, 3.05) is 26.8 Å². The number of fused-ring (bicyclic) bond motifs is 5. The van der Waals surface area contributed by atoms with Crippen LogP contribution in [0.3, 0.4) is 0 Å². The molecule has 5 N–H and O–H groups in total. The number of methoxy groups -OCH3 is 1. The highest BCUT2D eigenvalue weighted by Gasteiger charge is 2.56. The SMILES string of the molecule is CCN(CC)Cc1ccc(OCC[C@H]2CCC3C4C(C)Cc5cc(O)ccc5C4CCC32C)c(OC)c1.O=C(O)CC(O)(CC(=O)O)C(=O)O. The zero-order valence-corrected chi connectivity index (χ0v) is 30.1. The Kier molecular flexibility index (Phi) is 12.8. The van der Waals surface area contributed by atoms with Gasteiger partial charge in [0.05, 0.1) is 26.6 Å². The number of hydrogen-bond donors (Lipinski definition) is 5. The fourth-order valence-electron chi connectivity index (χ4n) is 9.21. The third kappa shape index (κ3) is 8.72. The van der Waals surface area contributed by atoms with Crippen molar-refractivity contribution in [3.05, 3.63) is 53.1 Å². The van der Waals surface area contributed by atoms with Gasteiger partial charge in [-0.05, 0) is 128 Å². The van der Waals surface area contributed by atoms with Gasteiger partial charge in [0.1, 0.15) is 5.75 Å². The van der Waals surface area contributed by atoms with Gasteiger partial charge < -0.3 is 35.0 Å². The Morgan fingerprint density at radius 1 is 0.960 bits per heavy atom. The average molecular weight is 698 g/mol. The van der Waals surface area contributed by atoms with Gasteiger partial charge in [-0.1, -0.05) is 39.8 Å². The Morgan fingerprint density at radius 2 is 1.64 bits per heavy atom. The Hall–Kier alpha value is -3.83. The van der Waals surface area contributed by atoms with Crippen LogP contribution >= 0.6 is 0 Å². The lowest BCUT2D eigenvalue weighted by Crippen LogP contribution is -2.45. The maximum absolute atomic E-state index is 10.3. The van der Waals surface area contributed by atoms with E-state index in [0.717, 1.165) is 68.3 Å². The van der Waals surface area contributed by atoms with E-state index in [1.165, 1.54) is 42.4 Å². The molecule has 5 unspecified atom stereocenters. The van der Waals surface area contributed by atoms with Gasteiger partial charge in [0.2, 0.25) is 0 Å². The summed E-state index contributed by atoms with van der Waals surface area (Å²) in [5.41, 5.74) is 1.85. The van der Waals surface area contributed by atoms with Gasteiger partial charge >= 0.3 is 17.9 Å². The summed E-state index contributed by atoms with van der Waals surface area (Å²) >= 11 is 0. The van der Waals surface area contributed by atoms with Crippen molar-refractivity contribution in [1.29, 1.82) is 0 Å². The largest absolute Gasteiger partial charge is 0.508 e. The molecule has 0 aromatic heterocycles. The molecule has 2 fully saturated rings. The number of phenolic OH excluding ortho intramolecular Hbond substituents is 1. The second-order valence-electron chi connectivity index (χ2n) is 14.7. The number of carboxylic acids is 3. The fourth-order valence-corrected chi connectivity index (χ4v) is 9.21. The molecule has 2 saturated carbocycles. The lowest BCUT2D eigenvalue weighted by Gasteiger charge is -2.53. The summed E-state index contributed by atoms with van der Waals surface area (Å²) in [6.45, 7) is 13.3. The molecule has 2 aromatic rings. The second-order valence-corrected chi connectivity index (χ2v) is 14.7. The number of aromatic hydroxyl groups is 1.